The molecule has 0 saturated heterocycles. The van der Waals surface area contributed by atoms with Gasteiger partial charge in [-0.2, -0.15) is 18.3 Å². The summed E-state index contributed by atoms with van der Waals surface area (Å²) in [6, 6.07) is 2.33. The first-order valence-electron chi connectivity index (χ1n) is 9.00. The number of fused-ring (bicyclic) bond motifs is 1. The van der Waals surface area contributed by atoms with Gasteiger partial charge in [0.1, 0.15) is 5.69 Å². The van der Waals surface area contributed by atoms with E-state index < -0.39 is 24.1 Å². The van der Waals surface area contributed by atoms with E-state index in [1.165, 1.54) is 7.05 Å². The monoisotopic (exact) mass is 434 g/mol. The first-order chi connectivity index (χ1) is 14.0. The maximum absolute atomic E-state index is 13.6. The van der Waals surface area contributed by atoms with E-state index in [0.717, 1.165) is 18.5 Å². The predicted octanol–water partition coefficient (Wildman–Crippen LogP) is 4.38. The first-order valence-corrected chi connectivity index (χ1v) is 9.00. The fourth-order valence-electron chi connectivity index (χ4n) is 2.76. The highest BCUT2D eigenvalue weighted by molar-refractivity contribution is 5.92. The number of nitrogens with one attached hydrogen (secondary N) is 1. The summed E-state index contributed by atoms with van der Waals surface area (Å²) < 4.78 is 76.2. The molecule has 0 radical (unpaired) electrons. The van der Waals surface area contributed by atoms with Crippen molar-refractivity contribution in [1.82, 2.24) is 20.1 Å². The van der Waals surface area contributed by atoms with Gasteiger partial charge in [-0.3, -0.25) is 9.48 Å². The average molecular weight is 434 g/mol. The Morgan fingerprint density at radius 1 is 1.33 bits per heavy atom. The van der Waals surface area contributed by atoms with Gasteiger partial charge in [0.15, 0.2) is 5.82 Å². The second-order valence-corrected chi connectivity index (χ2v) is 6.51. The number of aryl methyl sites for hydroxylation is 2. The van der Waals surface area contributed by atoms with Gasteiger partial charge >= 0.3 is 6.18 Å². The summed E-state index contributed by atoms with van der Waals surface area (Å²) in [5.74, 6) is -1.17. The van der Waals surface area contributed by atoms with Gasteiger partial charge in [-0.05, 0) is 31.4 Å². The zero-order valence-electron chi connectivity index (χ0n) is 16.1. The highest BCUT2D eigenvalue weighted by atomic mass is 19.4. The summed E-state index contributed by atoms with van der Waals surface area (Å²) in [7, 11) is 1.44. The smallest absolute Gasteiger partial charge is 0.355 e. The number of pyridine rings is 1. The number of nitrogens with zero attached hydrogens (tertiary/aromatic N) is 3. The molecule has 2 aromatic rings. The molecule has 2 aromatic heterocycles. The van der Waals surface area contributed by atoms with Gasteiger partial charge in [-0.1, -0.05) is 6.58 Å². The van der Waals surface area contributed by atoms with E-state index in [-0.39, 0.29) is 35.6 Å². The standard InChI is InChI=1S/C12H9F4N3.C7H11F2NO/c13-9-6-17-11(12(14,15)16)5-8(9)10-4-7-2-1-3-19(7)18-10;1-5(7(11)10-2)3-4-6(8)9/h4-6H,1-3H2;6H,1,3-4H2,2H3,(H,10,11). The maximum atomic E-state index is 13.6. The van der Waals surface area contributed by atoms with Crippen LogP contribution in [-0.2, 0) is 23.9 Å². The van der Waals surface area contributed by atoms with Gasteiger partial charge in [0.2, 0.25) is 12.3 Å². The van der Waals surface area contributed by atoms with E-state index >= 15 is 0 Å². The van der Waals surface area contributed by atoms with Crippen molar-refractivity contribution in [2.24, 2.45) is 0 Å². The van der Waals surface area contributed by atoms with Crippen molar-refractivity contribution < 1.29 is 31.1 Å². The van der Waals surface area contributed by atoms with Crippen LogP contribution in [0.1, 0.15) is 30.7 Å². The highest BCUT2D eigenvalue weighted by Gasteiger charge is 2.33. The summed E-state index contributed by atoms with van der Waals surface area (Å²) in [5, 5.41) is 6.43. The van der Waals surface area contributed by atoms with Crippen molar-refractivity contribution in [2.45, 2.75) is 44.8 Å². The second-order valence-electron chi connectivity index (χ2n) is 6.51. The summed E-state index contributed by atoms with van der Waals surface area (Å²) in [6.07, 6.45) is -4.85. The quantitative estimate of drug-likeness (QED) is 0.561. The third-order valence-electron chi connectivity index (χ3n) is 4.30. The van der Waals surface area contributed by atoms with E-state index in [9.17, 15) is 31.1 Å². The minimum Gasteiger partial charge on any atom is -0.355 e. The molecule has 3 rings (SSSR count). The number of halogens is 6. The molecular formula is C19H20F6N4O. The molecule has 11 heteroatoms. The van der Waals surface area contributed by atoms with Crippen molar-refractivity contribution in [3.63, 3.8) is 0 Å². The van der Waals surface area contributed by atoms with Crippen LogP contribution in [0.5, 0.6) is 0 Å². The molecule has 0 unspecified atom stereocenters. The maximum Gasteiger partial charge on any atom is 0.433 e. The lowest BCUT2D eigenvalue weighted by molar-refractivity contribution is -0.141. The van der Waals surface area contributed by atoms with E-state index in [4.69, 9.17) is 0 Å². The Bertz CT molecular complexity index is 885. The third kappa shape index (κ3) is 6.07. The number of carbonyl (C=O) groups excluding carboxylic acids is 1. The lowest BCUT2D eigenvalue weighted by atomic mass is 10.1. The summed E-state index contributed by atoms with van der Waals surface area (Å²) in [6.45, 7) is 4.07. The Morgan fingerprint density at radius 2 is 2.03 bits per heavy atom. The SMILES string of the molecule is C=C(CCC(F)F)C(=O)NC.Fc1cnc(C(F)(F)F)cc1-c1cc2n(n1)CCC2. The van der Waals surface area contributed by atoms with Crippen LogP contribution in [0.3, 0.4) is 0 Å². The number of hydrogen-bond donors (Lipinski definition) is 1. The topological polar surface area (TPSA) is 59.8 Å². The zero-order chi connectivity index (χ0) is 22.5. The number of alkyl halides is 5. The van der Waals surface area contributed by atoms with Crippen LogP contribution in [0, 0.1) is 5.82 Å². The Kier molecular flexibility index (Phi) is 7.63. The van der Waals surface area contributed by atoms with E-state index in [1.54, 1.807) is 10.7 Å². The van der Waals surface area contributed by atoms with Gasteiger partial charge in [0.05, 0.1) is 11.9 Å². The molecule has 1 aliphatic heterocycles. The van der Waals surface area contributed by atoms with E-state index in [0.29, 0.717) is 18.8 Å². The van der Waals surface area contributed by atoms with Gasteiger partial charge in [-0.25, -0.2) is 18.2 Å². The number of amides is 1. The minimum absolute atomic E-state index is 0.0529. The number of rotatable bonds is 5. The normalized spacial score (nSPS) is 12.9. The van der Waals surface area contributed by atoms with Crippen molar-refractivity contribution >= 4 is 5.91 Å². The van der Waals surface area contributed by atoms with Gasteiger partial charge in [0, 0.05) is 36.8 Å². The largest absolute Gasteiger partial charge is 0.433 e. The number of aromatic nitrogens is 3. The number of carbonyl (C=O) groups is 1. The Balaban J connectivity index is 0.000000252. The summed E-state index contributed by atoms with van der Waals surface area (Å²) >= 11 is 0. The molecule has 1 aliphatic rings. The molecule has 0 spiro atoms. The fourth-order valence-corrected chi connectivity index (χ4v) is 2.76. The van der Waals surface area contributed by atoms with Crippen LogP contribution in [0.15, 0.2) is 30.5 Å². The van der Waals surface area contributed by atoms with Crippen molar-refractivity contribution in [3.8, 4) is 11.3 Å². The van der Waals surface area contributed by atoms with Crippen molar-refractivity contribution in [1.29, 1.82) is 0 Å². The van der Waals surface area contributed by atoms with Crippen LogP contribution < -0.4 is 5.32 Å². The van der Waals surface area contributed by atoms with Crippen molar-refractivity contribution in [3.05, 3.63) is 47.7 Å². The molecule has 0 saturated carbocycles. The molecule has 0 aliphatic carbocycles. The summed E-state index contributed by atoms with van der Waals surface area (Å²) in [5.41, 5.74) is 0.0638. The molecule has 164 valence electrons. The third-order valence-corrected chi connectivity index (χ3v) is 4.30. The number of likely N-dealkylation sites (N-methyl/N-ethyl adjacent to an activating group) is 1. The van der Waals surface area contributed by atoms with Gasteiger partial charge < -0.3 is 5.32 Å². The van der Waals surface area contributed by atoms with Crippen LogP contribution >= 0.6 is 0 Å². The Morgan fingerprint density at radius 3 is 2.60 bits per heavy atom. The summed E-state index contributed by atoms with van der Waals surface area (Å²) in [4.78, 5) is 13.7. The van der Waals surface area contributed by atoms with Crippen LogP contribution in [-0.4, -0.2) is 34.1 Å². The average Bonchev–Trinajstić information content (AvgIpc) is 3.27. The Labute approximate surface area is 168 Å². The molecule has 0 fully saturated rings. The fraction of sp³-hybridized carbons (Fsp3) is 0.421. The van der Waals surface area contributed by atoms with Crippen LogP contribution in [0.25, 0.3) is 11.3 Å². The minimum atomic E-state index is -4.59. The molecule has 5 nitrogen and oxygen atoms in total. The second kappa shape index (κ2) is 9.77. The highest BCUT2D eigenvalue weighted by Crippen LogP contribution is 2.32. The molecule has 0 bridgehead atoms. The molecule has 1 amide bonds. The van der Waals surface area contributed by atoms with E-state index in [2.05, 4.69) is 22.0 Å². The first kappa shape index (κ1) is 23.4. The molecule has 1 N–H and O–H groups in total. The lowest BCUT2D eigenvalue weighted by Crippen LogP contribution is -2.19. The predicted molar refractivity (Wildman–Crippen MR) is 97.2 cm³/mol. The van der Waals surface area contributed by atoms with Crippen LogP contribution in [0.2, 0.25) is 0 Å². The van der Waals surface area contributed by atoms with E-state index in [1.807, 2.05) is 0 Å². The lowest BCUT2D eigenvalue weighted by Gasteiger charge is -2.07. The number of hydrogen-bond acceptors (Lipinski definition) is 3. The Hall–Kier alpha value is -2.85. The van der Waals surface area contributed by atoms with Gasteiger partial charge in [-0.15, -0.1) is 0 Å². The molecule has 3 heterocycles. The molecular weight excluding hydrogens is 414 g/mol. The van der Waals surface area contributed by atoms with Crippen molar-refractivity contribution in [2.75, 3.05) is 7.05 Å². The molecule has 30 heavy (non-hydrogen) atoms. The molecule has 0 aromatic carbocycles. The van der Waals surface area contributed by atoms with Gasteiger partial charge in [0.25, 0.3) is 0 Å². The molecule has 0 atom stereocenters. The zero-order valence-corrected chi connectivity index (χ0v) is 16.1. The van der Waals surface area contributed by atoms with Crippen LogP contribution in [0.4, 0.5) is 26.3 Å².